The van der Waals surface area contributed by atoms with Crippen LogP contribution in [-0.2, 0) is 9.53 Å². The van der Waals surface area contributed by atoms with Gasteiger partial charge in [-0.05, 0) is 31.5 Å². The van der Waals surface area contributed by atoms with Crippen molar-refractivity contribution in [1.82, 2.24) is 4.90 Å². The highest BCUT2D eigenvalue weighted by atomic mass is 32.1. The van der Waals surface area contributed by atoms with Crippen LogP contribution in [0.1, 0.15) is 59.7 Å². The molecule has 4 amide bonds. The van der Waals surface area contributed by atoms with Crippen molar-refractivity contribution in [2.24, 2.45) is 5.73 Å². The minimum absolute atomic E-state index is 0.0599. The first-order valence-electron chi connectivity index (χ1n) is 9.11. The van der Waals surface area contributed by atoms with Gasteiger partial charge in [-0.3, -0.25) is 24.1 Å². The van der Waals surface area contributed by atoms with Crippen LogP contribution in [0.2, 0.25) is 0 Å². The number of anilines is 1. The lowest BCUT2D eigenvalue weighted by Crippen LogP contribution is -2.32. The number of nitrogens with one attached hydrogen (secondary N) is 1. The van der Waals surface area contributed by atoms with Gasteiger partial charge in [-0.2, -0.15) is 0 Å². The van der Waals surface area contributed by atoms with Gasteiger partial charge in [-0.1, -0.05) is 12.1 Å². The number of amides is 4. The van der Waals surface area contributed by atoms with E-state index in [1.165, 1.54) is 6.92 Å². The predicted molar refractivity (Wildman–Crippen MR) is 109 cm³/mol. The van der Waals surface area contributed by atoms with E-state index in [1.807, 2.05) is 0 Å². The number of nitrogens with two attached hydrogens (primary N) is 1. The predicted octanol–water partition coefficient (Wildman–Crippen LogP) is 1.96. The number of hydrogen-bond donors (Lipinski definition) is 2. The maximum atomic E-state index is 12.5. The lowest BCUT2D eigenvalue weighted by Gasteiger charge is -2.13. The van der Waals surface area contributed by atoms with Crippen molar-refractivity contribution < 1.29 is 28.7 Å². The number of esters is 1. The Bertz CT molecular complexity index is 1040. The van der Waals surface area contributed by atoms with E-state index in [2.05, 4.69) is 5.32 Å². The topological polar surface area (TPSA) is 136 Å². The molecule has 0 aliphatic carbocycles. The van der Waals surface area contributed by atoms with E-state index >= 15 is 0 Å². The molecule has 30 heavy (non-hydrogen) atoms. The van der Waals surface area contributed by atoms with Crippen LogP contribution in [0.25, 0.3) is 0 Å². The fourth-order valence-corrected chi connectivity index (χ4v) is 4.19. The molecule has 2 heterocycles. The highest BCUT2D eigenvalue weighted by molar-refractivity contribution is 7.18. The zero-order chi connectivity index (χ0) is 22.0. The molecule has 1 aliphatic rings. The second-order valence-electron chi connectivity index (χ2n) is 6.45. The molecule has 10 heteroatoms. The van der Waals surface area contributed by atoms with Crippen LogP contribution >= 0.6 is 11.3 Å². The van der Waals surface area contributed by atoms with Crippen LogP contribution in [0.15, 0.2) is 24.3 Å². The molecule has 0 radical (unpaired) electrons. The number of imide groups is 1. The summed E-state index contributed by atoms with van der Waals surface area (Å²) in [5.41, 5.74) is 6.32. The number of ether oxygens (including phenoxy) is 1. The van der Waals surface area contributed by atoms with Crippen LogP contribution < -0.4 is 11.1 Å². The summed E-state index contributed by atoms with van der Waals surface area (Å²) in [6.07, 6.45) is -0.184. The summed E-state index contributed by atoms with van der Waals surface area (Å²) < 4.78 is 5.00. The second kappa shape index (κ2) is 8.46. The number of benzene rings is 1. The third kappa shape index (κ3) is 3.81. The first-order valence-corrected chi connectivity index (χ1v) is 9.93. The fraction of sp³-hybridized carbons (Fsp3) is 0.250. The number of nitrogens with zero attached hydrogens (tertiary/aromatic N) is 1. The lowest BCUT2D eigenvalue weighted by molar-refractivity contribution is -0.116. The van der Waals surface area contributed by atoms with E-state index in [4.69, 9.17) is 10.5 Å². The van der Waals surface area contributed by atoms with Crippen molar-refractivity contribution in [2.75, 3.05) is 18.5 Å². The summed E-state index contributed by atoms with van der Waals surface area (Å²) in [5.74, 6) is -2.87. The van der Waals surface area contributed by atoms with Crippen molar-refractivity contribution in [3.8, 4) is 0 Å². The number of hydrogen-bond acceptors (Lipinski definition) is 7. The quantitative estimate of drug-likeness (QED) is 0.510. The van der Waals surface area contributed by atoms with Gasteiger partial charge in [0.15, 0.2) is 0 Å². The van der Waals surface area contributed by atoms with Gasteiger partial charge in [0.2, 0.25) is 5.91 Å². The summed E-state index contributed by atoms with van der Waals surface area (Å²) in [5, 5.41) is 2.69. The zero-order valence-electron chi connectivity index (χ0n) is 16.3. The minimum Gasteiger partial charge on any atom is -0.462 e. The highest BCUT2D eigenvalue weighted by Crippen LogP contribution is 2.33. The van der Waals surface area contributed by atoms with Crippen molar-refractivity contribution >= 4 is 45.9 Å². The van der Waals surface area contributed by atoms with Gasteiger partial charge in [0, 0.05) is 13.0 Å². The molecule has 0 fully saturated rings. The molecule has 0 atom stereocenters. The number of carbonyl (C=O) groups excluding carboxylic acids is 5. The van der Waals surface area contributed by atoms with Gasteiger partial charge in [-0.25, -0.2) is 4.79 Å². The first kappa shape index (κ1) is 21.2. The Labute approximate surface area is 175 Å². The molecule has 1 aromatic carbocycles. The van der Waals surface area contributed by atoms with Crippen LogP contribution in [0.3, 0.4) is 0 Å². The van der Waals surface area contributed by atoms with E-state index < -0.39 is 29.6 Å². The standard InChI is InChI=1S/C20H19N3O6S/c1-3-29-20(28)14-10(2)15(16(21)25)30-17(14)22-13(24)8-9-23-18(26)11-6-4-5-7-12(11)19(23)27/h4-7H,3,8-9H2,1-2H3,(H2,21,25)(H,22,24). The second-order valence-corrected chi connectivity index (χ2v) is 7.47. The molecule has 1 aromatic heterocycles. The van der Waals surface area contributed by atoms with Gasteiger partial charge in [-0.15, -0.1) is 11.3 Å². The molecular formula is C20H19N3O6S. The molecule has 0 unspecified atom stereocenters. The highest BCUT2D eigenvalue weighted by Gasteiger charge is 2.35. The van der Waals surface area contributed by atoms with Crippen LogP contribution in [0, 0.1) is 6.92 Å². The summed E-state index contributed by atoms with van der Waals surface area (Å²) in [6, 6.07) is 6.43. The molecule has 3 N–H and O–H groups in total. The number of fused-ring (bicyclic) bond motifs is 1. The molecular weight excluding hydrogens is 410 g/mol. The third-order valence-corrected chi connectivity index (χ3v) is 5.77. The largest absolute Gasteiger partial charge is 0.462 e. The first-order chi connectivity index (χ1) is 14.3. The van der Waals surface area contributed by atoms with Crippen molar-refractivity contribution in [3.63, 3.8) is 0 Å². The normalized spacial score (nSPS) is 12.7. The molecule has 1 aliphatic heterocycles. The third-order valence-electron chi connectivity index (χ3n) is 4.54. The number of primary amides is 1. The maximum Gasteiger partial charge on any atom is 0.341 e. The molecule has 0 saturated heterocycles. The summed E-state index contributed by atoms with van der Waals surface area (Å²) in [6.45, 7) is 3.17. The smallest absolute Gasteiger partial charge is 0.341 e. The minimum atomic E-state index is -0.727. The monoisotopic (exact) mass is 429 g/mol. The summed E-state index contributed by atoms with van der Waals surface area (Å²) >= 11 is 0.871. The van der Waals surface area contributed by atoms with Crippen LogP contribution in [-0.4, -0.2) is 47.6 Å². The Morgan fingerprint density at radius 1 is 1.13 bits per heavy atom. The van der Waals surface area contributed by atoms with E-state index in [9.17, 15) is 24.0 Å². The van der Waals surface area contributed by atoms with Crippen LogP contribution in [0.4, 0.5) is 5.00 Å². The maximum absolute atomic E-state index is 12.5. The molecule has 0 bridgehead atoms. The Kier molecular flexibility index (Phi) is 5.97. The summed E-state index contributed by atoms with van der Waals surface area (Å²) in [4.78, 5) is 62.2. The molecule has 0 spiro atoms. The van der Waals surface area contributed by atoms with Gasteiger partial charge in [0.05, 0.1) is 28.2 Å². The van der Waals surface area contributed by atoms with Gasteiger partial charge >= 0.3 is 5.97 Å². The Balaban J connectivity index is 1.73. The number of rotatable bonds is 7. The van der Waals surface area contributed by atoms with Crippen LogP contribution in [0.5, 0.6) is 0 Å². The fourth-order valence-electron chi connectivity index (χ4n) is 3.13. The molecule has 156 valence electrons. The number of thiophene rings is 1. The molecule has 2 aromatic rings. The Morgan fingerprint density at radius 3 is 2.27 bits per heavy atom. The van der Waals surface area contributed by atoms with E-state index in [0.717, 1.165) is 16.2 Å². The van der Waals surface area contributed by atoms with E-state index in [-0.39, 0.29) is 35.0 Å². The van der Waals surface area contributed by atoms with Crippen molar-refractivity contribution in [1.29, 1.82) is 0 Å². The SMILES string of the molecule is CCOC(=O)c1c(NC(=O)CCN2C(=O)c3ccccc3C2=O)sc(C(N)=O)c1C. The lowest BCUT2D eigenvalue weighted by atomic mass is 10.1. The average Bonchev–Trinajstić information content (AvgIpc) is 3.15. The Morgan fingerprint density at radius 2 is 1.73 bits per heavy atom. The Hall–Kier alpha value is -3.53. The van der Waals surface area contributed by atoms with Gasteiger partial charge in [0.1, 0.15) is 5.00 Å². The van der Waals surface area contributed by atoms with E-state index in [1.54, 1.807) is 31.2 Å². The average molecular weight is 429 g/mol. The zero-order valence-corrected chi connectivity index (χ0v) is 17.1. The molecule has 9 nitrogen and oxygen atoms in total. The molecule has 3 rings (SSSR count). The van der Waals surface area contributed by atoms with Gasteiger partial charge < -0.3 is 15.8 Å². The summed E-state index contributed by atoms with van der Waals surface area (Å²) in [7, 11) is 0. The number of carbonyl (C=O) groups is 5. The van der Waals surface area contributed by atoms with Gasteiger partial charge in [0.25, 0.3) is 17.7 Å². The molecule has 0 saturated carbocycles. The van der Waals surface area contributed by atoms with Crippen molar-refractivity contribution in [2.45, 2.75) is 20.3 Å². The van der Waals surface area contributed by atoms with Crippen molar-refractivity contribution in [3.05, 3.63) is 51.4 Å². The van der Waals surface area contributed by atoms with E-state index in [0.29, 0.717) is 16.7 Å².